The van der Waals surface area contributed by atoms with Crippen molar-refractivity contribution in [2.24, 2.45) is 0 Å². The highest BCUT2D eigenvalue weighted by atomic mass is 32.2. The lowest BCUT2D eigenvalue weighted by molar-refractivity contribution is -0.132. The van der Waals surface area contributed by atoms with Gasteiger partial charge in [-0.2, -0.15) is 0 Å². The molecule has 1 rings (SSSR count). The second-order valence-corrected chi connectivity index (χ2v) is 4.86. The van der Waals surface area contributed by atoms with Gasteiger partial charge in [0.1, 0.15) is 5.75 Å². The minimum atomic E-state index is -3.71. The highest BCUT2D eigenvalue weighted by Gasteiger charge is 2.16. The number of carbonyl (C=O) groups is 1. The minimum Gasteiger partial charge on any atom is -0.478 e. The summed E-state index contributed by atoms with van der Waals surface area (Å²) in [6.45, 7) is 3.16. The van der Waals surface area contributed by atoms with Crippen molar-refractivity contribution in [1.82, 2.24) is 0 Å². The predicted octanol–water partition coefficient (Wildman–Crippen LogP) is 1.07. The van der Waals surface area contributed by atoms with Gasteiger partial charge in [0, 0.05) is 11.3 Å². The maximum atomic E-state index is 11.5. The van der Waals surface area contributed by atoms with Gasteiger partial charge in [-0.1, -0.05) is 24.8 Å². The van der Waals surface area contributed by atoms with Crippen molar-refractivity contribution in [1.29, 1.82) is 0 Å². The van der Waals surface area contributed by atoms with Crippen molar-refractivity contribution in [3.05, 3.63) is 42.5 Å². The van der Waals surface area contributed by atoms with E-state index >= 15 is 0 Å². The van der Waals surface area contributed by atoms with E-state index in [1.165, 1.54) is 0 Å². The fourth-order valence-corrected chi connectivity index (χ4v) is 2.16. The van der Waals surface area contributed by atoms with Gasteiger partial charge in [-0.05, 0) is 12.1 Å². The summed E-state index contributed by atoms with van der Waals surface area (Å²) in [5, 5.41) is 8.52. The third-order valence-electron chi connectivity index (χ3n) is 1.71. The molecule has 6 heteroatoms. The zero-order valence-corrected chi connectivity index (χ0v) is 9.20. The van der Waals surface area contributed by atoms with Gasteiger partial charge in [0.25, 0.3) is 0 Å². The van der Waals surface area contributed by atoms with Crippen molar-refractivity contribution in [2.45, 2.75) is 0 Å². The van der Waals surface area contributed by atoms with Crippen LogP contribution in [0.1, 0.15) is 0 Å². The largest absolute Gasteiger partial charge is 0.478 e. The van der Waals surface area contributed by atoms with Crippen LogP contribution < -0.4 is 4.72 Å². The summed E-state index contributed by atoms with van der Waals surface area (Å²) in [6, 6.07) is 8.23. The molecule has 1 aromatic carbocycles. The number of para-hydroxylation sites is 1. The highest BCUT2D eigenvalue weighted by Crippen LogP contribution is 2.09. The molecule has 2 N–H and O–H groups in total. The maximum absolute atomic E-state index is 11.5. The van der Waals surface area contributed by atoms with Gasteiger partial charge in [0.2, 0.25) is 10.0 Å². The molecule has 0 heterocycles. The van der Waals surface area contributed by atoms with E-state index < -0.39 is 21.7 Å². The number of sulfonamides is 1. The van der Waals surface area contributed by atoms with Crippen LogP contribution in [-0.2, 0) is 14.8 Å². The molecule has 0 atom stereocenters. The lowest BCUT2D eigenvalue weighted by Gasteiger charge is -2.07. The summed E-state index contributed by atoms with van der Waals surface area (Å²) in [5.41, 5.74) is 0.0177. The minimum absolute atomic E-state index is 0.372. The summed E-state index contributed by atoms with van der Waals surface area (Å²) in [5.74, 6) is -1.95. The van der Waals surface area contributed by atoms with Crippen LogP contribution in [-0.4, -0.2) is 25.2 Å². The Bertz CT molecular complexity index is 493. The number of nitrogens with one attached hydrogen (secondary N) is 1. The Labute approximate surface area is 93.5 Å². The average molecular weight is 241 g/mol. The molecule has 0 saturated carbocycles. The van der Waals surface area contributed by atoms with E-state index in [-0.39, 0.29) is 5.57 Å². The first-order valence-corrected chi connectivity index (χ1v) is 6.02. The first-order chi connectivity index (χ1) is 7.41. The van der Waals surface area contributed by atoms with Crippen LogP contribution in [0.4, 0.5) is 5.69 Å². The highest BCUT2D eigenvalue weighted by molar-refractivity contribution is 7.92. The lowest BCUT2D eigenvalue weighted by Crippen LogP contribution is -2.20. The maximum Gasteiger partial charge on any atom is 0.332 e. The summed E-state index contributed by atoms with van der Waals surface area (Å²) in [4.78, 5) is 10.4. The third-order valence-corrected chi connectivity index (χ3v) is 2.99. The van der Waals surface area contributed by atoms with Gasteiger partial charge in [-0.25, -0.2) is 13.2 Å². The van der Waals surface area contributed by atoms with E-state index in [0.29, 0.717) is 5.69 Å². The zero-order valence-electron chi connectivity index (χ0n) is 8.38. The number of carboxylic acid groups (broad SMARTS) is 1. The van der Waals surface area contributed by atoms with Crippen LogP contribution in [0.15, 0.2) is 42.5 Å². The molecule has 0 aliphatic heterocycles. The Hall–Kier alpha value is -1.82. The molecule has 0 aliphatic rings. The molecule has 1 aromatic rings. The average Bonchev–Trinajstić information content (AvgIpc) is 2.17. The monoisotopic (exact) mass is 241 g/mol. The molecule has 0 fully saturated rings. The molecule has 0 unspecified atom stereocenters. The molecule has 5 nitrogen and oxygen atoms in total. The number of carboxylic acids is 1. The van der Waals surface area contributed by atoms with Crippen molar-refractivity contribution >= 4 is 21.7 Å². The third kappa shape index (κ3) is 3.74. The van der Waals surface area contributed by atoms with Crippen molar-refractivity contribution in [2.75, 3.05) is 10.5 Å². The van der Waals surface area contributed by atoms with Crippen molar-refractivity contribution in [3.8, 4) is 0 Å². The Morgan fingerprint density at radius 2 is 1.88 bits per heavy atom. The Balaban J connectivity index is 2.74. The predicted molar refractivity (Wildman–Crippen MR) is 60.6 cm³/mol. The number of aliphatic carboxylic acids is 1. The molecule has 0 bridgehead atoms. The van der Waals surface area contributed by atoms with E-state index in [2.05, 4.69) is 11.3 Å². The van der Waals surface area contributed by atoms with Crippen molar-refractivity contribution in [3.63, 3.8) is 0 Å². The molecule has 0 amide bonds. The van der Waals surface area contributed by atoms with Gasteiger partial charge >= 0.3 is 5.97 Å². The molecule has 16 heavy (non-hydrogen) atoms. The van der Waals surface area contributed by atoms with Gasteiger partial charge < -0.3 is 5.11 Å². The topological polar surface area (TPSA) is 83.5 Å². The lowest BCUT2D eigenvalue weighted by atomic mass is 10.3. The number of hydrogen-bond acceptors (Lipinski definition) is 3. The van der Waals surface area contributed by atoms with E-state index in [4.69, 9.17) is 5.11 Å². The second-order valence-electron chi connectivity index (χ2n) is 3.14. The van der Waals surface area contributed by atoms with Gasteiger partial charge in [0.15, 0.2) is 0 Å². The number of benzene rings is 1. The fourth-order valence-electron chi connectivity index (χ4n) is 1.01. The first-order valence-electron chi connectivity index (χ1n) is 4.37. The number of rotatable bonds is 5. The normalized spacial score (nSPS) is 10.8. The van der Waals surface area contributed by atoms with Gasteiger partial charge in [-0.3, -0.25) is 4.72 Å². The van der Waals surface area contributed by atoms with Crippen LogP contribution in [0.25, 0.3) is 0 Å². The molecule has 0 spiro atoms. The molecule has 86 valence electrons. The van der Waals surface area contributed by atoms with Crippen LogP contribution in [0, 0.1) is 0 Å². The smallest absolute Gasteiger partial charge is 0.332 e. The summed E-state index contributed by atoms with van der Waals surface area (Å²) >= 11 is 0. The molecule has 0 saturated heterocycles. The van der Waals surface area contributed by atoms with Crippen LogP contribution in [0.3, 0.4) is 0 Å². The van der Waals surface area contributed by atoms with E-state index in [9.17, 15) is 13.2 Å². The van der Waals surface area contributed by atoms with E-state index in [1.54, 1.807) is 30.3 Å². The fraction of sp³-hybridized carbons (Fsp3) is 0.100. The van der Waals surface area contributed by atoms with E-state index in [0.717, 1.165) is 0 Å². The quantitative estimate of drug-likeness (QED) is 0.755. The number of anilines is 1. The zero-order chi connectivity index (χ0) is 12.2. The summed E-state index contributed by atoms with van der Waals surface area (Å²) in [6.07, 6.45) is 0. The van der Waals surface area contributed by atoms with Gasteiger partial charge in [0.05, 0.1) is 0 Å². The van der Waals surface area contributed by atoms with E-state index in [1.807, 2.05) is 0 Å². The summed E-state index contributed by atoms with van der Waals surface area (Å²) < 4.78 is 25.2. The summed E-state index contributed by atoms with van der Waals surface area (Å²) in [7, 11) is -3.71. The molecular formula is C10H11NO4S. The molecule has 0 aliphatic carbocycles. The standard InChI is InChI=1S/C10H11NO4S/c1-8(10(12)13)7-16(14,15)11-9-5-3-2-4-6-9/h2-6,11H,1,7H2,(H,12,13). The Morgan fingerprint density at radius 3 is 2.38 bits per heavy atom. The Morgan fingerprint density at radius 1 is 1.31 bits per heavy atom. The first kappa shape index (κ1) is 12.3. The van der Waals surface area contributed by atoms with Gasteiger partial charge in [-0.15, -0.1) is 0 Å². The van der Waals surface area contributed by atoms with Crippen LogP contribution in [0.5, 0.6) is 0 Å². The molecular weight excluding hydrogens is 230 g/mol. The van der Waals surface area contributed by atoms with Crippen LogP contribution in [0.2, 0.25) is 0 Å². The number of hydrogen-bond donors (Lipinski definition) is 2. The Kier molecular flexibility index (Phi) is 3.68. The molecule has 0 radical (unpaired) electrons. The second kappa shape index (κ2) is 4.80. The molecule has 0 aromatic heterocycles. The SMILES string of the molecule is C=C(CS(=O)(=O)Nc1ccccc1)C(=O)O. The van der Waals surface area contributed by atoms with Crippen molar-refractivity contribution < 1.29 is 18.3 Å². The van der Waals surface area contributed by atoms with Crippen LogP contribution >= 0.6 is 0 Å².